The zero-order valence-electron chi connectivity index (χ0n) is 15.4. The van der Waals surface area contributed by atoms with Crippen molar-refractivity contribution >= 4 is 17.6 Å². The largest absolute Gasteiger partial charge is 0.494 e. The number of amides is 1. The maximum Gasteiger partial charge on any atom is 0.306 e. The van der Waals surface area contributed by atoms with Gasteiger partial charge in [-0.3, -0.25) is 9.59 Å². The highest BCUT2D eigenvalue weighted by Gasteiger charge is 2.10. The van der Waals surface area contributed by atoms with Crippen LogP contribution in [-0.2, 0) is 14.3 Å². The van der Waals surface area contributed by atoms with Gasteiger partial charge in [0.15, 0.2) is 18.1 Å². The van der Waals surface area contributed by atoms with Crippen LogP contribution in [0.4, 0.5) is 5.69 Å². The van der Waals surface area contributed by atoms with Crippen molar-refractivity contribution < 1.29 is 28.5 Å². The Kier molecular flexibility index (Phi) is 7.96. The second kappa shape index (κ2) is 10.7. The Hall–Kier alpha value is -3.22. The Morgan fingerprint density at radius 3 is 2.41 bits per heavy atom. The molecule has 2 aromatic rings. The van der Waals surface area contributed by atoms with Gasteiger partial charge in [-0.1, -0.05) is 18.2 Å². The molecule has 0 unspecified atom stereocenters. The maximum atomic E-state index is 11.9. The van der Waals surface area contributed by atoms with Gasteiger partial charge in [0.05, 0.1) is 20.8 Å². The van der Waals surface area contributed by atoms with E-state index in [2.05, 4.69) is 5.32 Å². The minimum Gasteiger partial charge on any atom is -0.494 e. The summed E-state index contributed by atoms with van der Waals surface area (Å²) >= 11 is 0. The lowest BCUT2D eigenvalue weighted by Crippen LogP contribution is -2.21. The molecule has 0 atom stereocenters. The first-order chi connectivity index (χ1) is 13.1. The first-order valence-corrected chi connectivity index (χ1v) is 8.47. The van der Waals surface area contributed by atoms with Crippen LogP contribution in [0, 0.1) is 0 Å². The van der Waals surface area contributed by atoms with E-state index in [1.165, 1.54) is 14.2 Å². The second-order valence-electron chi connectivity index (χ2n) is 5.54. The molecule has 27 heavy (non-hydrogen) atoms. The minimum atomic E-state index is -0.450. The molecule has 0 bridgehead atoms. The molecule has 1 amide bonds. The number of rotatable bonds is 10. The Balaban J connectivity index is 1.66. The fourth-order valence-corrected chi connectivity index (χ4v) is 2.25. The van der Waals surface area contributed by atoms with E-state index in [-0.39, 0.29) is 13.0 Å². The highest BCUT2D eigenvalue weighted by atomic mass is 16.5. The van der Waals surface area contributed by atoms with E-state index in [0.29, 0.717) is 30.2 Å². The van der Waals surface area contributed by atoms with E-state index < -0.39 is 11.9 Å². The van der Waals surface area contributed by atoms with Crippen LogP contribution in [0.1, 0.15) is 12.8 Å². The van der Waals surface area contributed by atoms with Crippen molar-refractivity contribution in [2.75, 3.05) is 32.8 Å². The lowest BCUT2D eigenvalue weighted by Gasteiger charge is -2.11. The lowest BCUT2D eigenvalue weighted by atomic mass is 10.2. The van der Waals surface area contributed by atoms with Crippen molar-refractivity contribution in [2.45, 2.75) is 12.8 Å². The van der Waals surface area contributed by atoms with Gasteiger partial charge < -0.3 is 24.3 Å². The lowest BCUT2D eigenvalue weighted by molar-refractivity contribution is -0.147. The third kappa shape index (κ3) is 6.89. The van der Waals surface area contributed by atoms with E-state index in [4.69, 9.17) is 18.9 Å². The molecule has 2 aromatic carbocycles. The molecule has 0 fully saturated rings. The van der Waals surface area contributed by atoms with Crippen LogP contribution in [0.3, 0.4) is 0 Å². The standard InChI is InChI=1S/C20H23NO6/c1-24-17-11-10-15(13-18(17)25-2)21-19(22)14-27-20(23)9-6-12-26-16-7-4-3-5-8-16/h3-5,7-8,10-11,13H,6,9,12,14H2,1-2H3,(H,21,22). The first-order valence-electron chi connectivity index (χ1n) is 8.47. The van der Waals surface area contributed by atoms with E-state index in [9.17, 15) is 9.59 Å². The number of para-hydroxylation sites is 1. The van der Waals surface area contributed by atoms with Crippen LogP contribution >= 0.6 is 0 Å². The molecule has 0 saturated heterocycles. The highest BCUT2D eigenvalue weighted by molar-refractivity contribution is 5.93. The van der Waals surface area contributed by atoms with Crippen LogP contribution in [0.15, 0.2) is 48.5 Å². The van der Waals surface area contributed by atoms with Crippen molar-refractivity contribution in [1.82, 2.24) is 0 Å². The Morgan fingerprint density at radius 1 is 0.963 bits per heavy atom. The molecule has 2 rings (SSSR count). The van der Waals surface area contributed by atoms with Gasteiger partial charge in [0.2, 0.25) is 0 Å². The second-order valence-corrected chi connectivity index (χ2v) is 5.54. The monoisotopic (exact) mass is 373 g/mol. The summed E-state index contributed by atoms with van der Waals surface area (Å²) in [7, 11) is 3.03. The number of benzene rings is 2. The van der Waals surface area contributed by atoms with Gasteiger partial charge in [-0.15, -0.1) is 0 Å². The summed E-state index contributed by atoms with van der Waals surface area (Å²) in [6.45, 7) is 0.0453. The number of hydrogen-bond acceptors (Lipinski definition) is 6. The topological polar surface area (TPSA) is 83.1 Å². The number of nitrogens with one attached hydrogen (secondary N) is 1. The maximum absolute atomic E-state index is 11.9. The fourth-order valence-electron chi connectivity index (χ4n) is 2.25. The number of anilines is 1. The average Bonchev–Trinajstić information content (AvgIpc) is 2.70. The molecule has 1 N–H and O–H groups in total. The zero-order valence-corrected chi connectivity index (χ0v) is 15.4. The van der Waals surface area contributed by atoms with Crippen LogP contribution < -0.4 is 19.5 Å². The number of carbonyl (C=O) groups excluding carboxylic acids is 2. The van der Waals surface area contributed by atoms with Gasteiger partial charge in [-0.25, -0.2) is 0 Å². The molecule has 0 spiro atoms. The van der Waals surface area contributed by atoms with Crippen LogP contribution in [0.5, 0.6) is 17.2 Å². The molecular formula is C20H23NO6. The molecule has 0 aromatic heterocycles. The molecule has 0 aliphatic carbocycles. The van der Waals surface area contributed by atoms with Crippen molar-refractivity contribution in [3.63, 3.8) is 0 Å². The van der Waals surface area contributed by atoms with E-state index in [0.717, 1.165) is 5.75 Å². The molecule has 0 saturated carbocycles. The minimum absolute atomic E-state index is 0.177. The van der Waals surface area contributed by atoms with Crippen LogP contribution in [-0.4, -0.2) is 39.3 Å². The van der Waals surface area contributed by atoms with Crippen molar-refractivity contribution in [1.29, 1.82) is 0 Å². The fraction of sp³-hybridized carbons (Fsp3) is 0.300. The van der Waals surface area contributed by atoms with Crippen molar-refractivity contribution in [3.05, 3.63) is 48.5 Å². The zero-order chi connectivity index (χ0) is 19.5. The molecular weight excluding hydrogens is 350 g/mol. The predicted molar refractivity (Wildman–Crippen MR) is 100 cm³/mol. The van der Waals surface area contributed by atoms with Crippen molar-refractivity contribution in [3.8, 4) is 17.2 Å². The normalized spacial score (nSPS) is 10.0. The summed E-state index contributed by atoms with van der Waals surface area (Å²) in [4.78, 5) is 23.6. The van der Waals surface area contributed by atoms with Gasteiger partial charge in [0.25, 0.3) is 5.91 Å². The highest BCUT2D eigenvalue weighted by Crippen LogP contribution is 2.29. The number of carbonyl (C=O) groups is 2. The first kappa shape index (κ1) is 20.1. The van der Waals surface area contributed by atoms with E-state index >= 15 is 0 Å². The van der Waals surface area contributed by atoms with Gasteiger partial charge in [-0.2, -0.15) is 0 Å². The molecule has 0 aliphatic rings. The molecule has 0 aliphatic heterocycles. The average molecular weight is 373 g/mol. The molecule has 0 heterocycles. The predicted octanol–water partition coefficient (Wildman–Crippen LogP) is 3.04. The summed E-state index contributed by atoms with van der Waals surface area (Å²) in [6.07, 6.45) is 0.682. The number of methoxy groups -OCH3 is 2. The smallest absolute Gasteiger partial charge is 0.306 e. The number of esters is 1. The van der Waals surface area contributed by atoms with Gasteiger partial charge in [-0.05, 0) is 30.7 Å². The molecule has 0 radical (unpaired) electrons. The summed E-state index contributed by atoms with van der Waals surface area (Å²) in [5.74, 6) is 0.913. The SMILES string of the molecule is COc1ccc(NC(=O)COC(=O)CCCOc2ccccc2)cc1OC. The van der Waals surface area contributed by atoms with Crippen LogP contribution in [0.2, 0.25) is 0 Å². The Morgan fingerprint density at radius 2 is 1.70 bits per heavy atom. The summed E-state index contributed by atoms with van der Waals surface area (Å²) in [5, 5.41) is 2.64. The summed E-state index contributed by atoms with van der Waals surface area (Å²) in [6, 6.07) is 14.3. The Bertz CT molecular complexity index is 747. The molecule has 7 nitrogen and oxygen atoms in total. The molecule has 7 heteroatoms. The van der Waals surface area contributed by atoms with Gasteiger partial charge in [0, 0.05) is 18.2 Å². The van der Waals surface area contributed by atoms with Crippen LogP contribution in [0.25, 0.3) is 0 Å². The third-order valence-electron chi connectivity index (χ3n) is 3.57. The van der Waals surface area contributed by atoms with Gasteiger partial charge in [0.1, 0.15) is 5.75 Å². The summed E-state index contributed by atoms with van der Waals surface area (Å²) < 4.78 is 20.8. The quantitative estimate of drug-likeness (QED) is 0.509. The van der Waals surface area contributed by atoms with Crippen molar-refractivity contribution in [2.24, 2.45) is 0 Å². The summed E-state index contributed by atoms with van der Waals surface area (Å²) in [5.41, 5.74) is 0.518. The molecule has 144 valence electrons. The van der Waals surface area contributed by atoms with E-state index in [1.54, 1.807) is 18.2 Å². The third-order valence-corrected chi connectivity index (χ3v) is 3.57. The van der Waals surface area contributed by atoms with E-state index in [1.807, 2.05) is 30.3 Å². The number of hydrogen-bond donors (Lipinski definition) is 1. The van der Waals surface area contributed by atoms with Gasteiger partial charge >= 0.3 is 5.97 Å². The Labute approximate surface area is 158 Å². The number of ether oxygens (including phenoxy) is 4.